The van der Waals surface area contributed by atoms with E-state index in [1.54, 1.807) is 6.20 Å². The molecule has 1 N–H and O–H groups in total. The predicted octanol–water partition coefficient (Wildman–Crippen LogP) is 3.16. The third kappa shape index (κ3) is 1.65. The van der Waals surface area contributed by atoms with Crippen LogP contribution in [0.1, 0.15) is 5.56 Å². The van der Waals surface area contributed by atoms with Crippen molar-refractivity contribution in [3.05, 3.63) is 29.4 Å². The molecule has 14 heavy (non-hydrogen) atoms. The second-order valence-electron chi connectivity index (χ2n) is 2.64. The van der Waals surface area contributed by atoms with Crippen molar-refractivity contribution in [1.29, 1.82) is 0 Å². The molecule has 6 heteroatoms. The lowest BCUT2D eigenvalue weighted by Gasteiger charge is -2.00. The van der Waals surface area contributed by atoms with Gasteiger partial charge in [0.25, 0.3) is 0 Å². The molecule has 2 rings (SSSR count). The molecule has 0 bridgehead atoms. The van der Waals surface area contributed by atoms with E-state index in [1.165, 1.54) is 6.20 Å². The lowest BCUT2D eigenvalue weighted by atomic mass is 10.3. The Bertz CT molecular complexity index is 416. The van der Waals surface area contributed by atoms with Gasteiger partial charge < -0.3 is 4.98 Å². The second-order valence-corrected chi connectivity index (χ2v) is 3.55. The van der Waals surface area contributed by atoms with Gasteiger partial charge in [-0.1, -0.05) is 0 Å². The normalized spacial score (nSPS) is 11.9. The standard InChI is InChI=1S/C8H5F3N2S/c9-8(10,11)5-3-6(14-4-5)7-12-1-2-13-7/h1-4H,(H,12,13). The Morgan fingerprint density at radius 3 is 2.64 bits per heavy atom. The van der Waals surface area contributed by atoms with Gasteiger partial charge in [0.05, 0.1) is 10.4 Å². The molecule has 0 aliphatic rings. The minimum atomic E-state index is -4.28. The van der Waals surface area contributed by atoms with Gasteiger partial charge in [-0.05, 0) is 6.07 Å². The first kappa shape index (κ1) is 9.26. The number of nitrogens with zero attached hydrogens (tertiary/aromatic N) is 1. The Morgan fingerprint density at radius 2 is 2.14 bits per heavy atom. The van der Waals surface area contributed by atoms with Gasteiger partial charge in [0, 0.05) is 17.8 Å². The molecule has 74 valence electrons. The molecule has 2 aromatic rings. The number of aromatic nitrogens is 2. The summed E-state index contributed by atoms with van der Waals surface area (Å²) in [6, 6.07) is 1.09. The summed E-state index contributed by atoms with van der Waals surface area (Å²) in [5.41, 5.74) is -0.631. The summed E-state index contributed by atoms with van der Waals surface area (Å²) < 4.78 is 36.7. The zero-order valence-electron chi connectivity index (χ0n) is 6.80. The van der Waals surface area contributed by atoms with Crippen LogP contribution in [0.4, 0.5) is 13.2 Å². The third-order valence-electron chi connectivity index (χ3n) is 1.66. The Labute approximate surface area is 81.4 Å². The van der Waals surface area contributed by atoms with E-state index < -0.39 is 11.7 Å². The molecule has 0 aliphatic heterocycles. The highest BCUT2D eigenvalue weighted by Crippen LogP contribution is 2.35. The van der Waals surface area contributed by atoms with Crippen LogP contribution < -0.4 is 0 Å². The van der Waals surface area contributed by atoms with E-state index in [9.17, 15) is 13.2 Å². The van der Waals surface area contributed by atoms with Crippen molar-refractivity contribution in [3.63, 3.8) is 0 Å². The summed E-state index contributed by atoms with van der Waals surface area (Å²) in [6.45, 7) is 0. The second kappa shape index (κ2) is 3.13. The molecule has 0 saturated heterocycles. The Morgan fingerprint density at radius 1 is 1.36 bits per heavy atom. The lowest BCUT2D eigenvalue weighted by Crippen LogP contribution is -2.01. The Balaban J connectivity index is 2.36. The van der Waals surface area contributed by atoms with Crippen molar-refractivity contribution in [2.24, 2.45) is 0 Å². The maximum atomic E-state index is 12.2. The third-order valence-corrected chi connectivity index (χ3v) is 2.60. The molecule has 0 spiro atoms. The summed E-state index contributed by atoms with van der Waals surface area (Å²) in [5.74, 6) is 0.463. The average Bonchev–Trinajstić information content (AvgIpc) is 2.73. The van der Waals surface area contributed by atoms with Crippen molar-refractivity contribution in [2.45, 2.75) is 6.18 Å². The molecule has 0 atom stereocenters. The molecule has 0 aromatic carbocycles. The number of alkyl halides is 3. The van der Waals surface area contributed by atoms with Crippen LogP contribution in [0.25, 0.3) is 10.7 Å². The first-order valence-electron chi connectivity index (χ1n) is 3.73. The molecule has 0 aliphatic carbocycles. The van der Waals surface area contributed by atoms with Crippen molar-refractivity contribution < 1.29 is 13.2 Å². The van der Waals surface area contributed by atoms with Gasteiger partial charge in [0.15, 0.2) is 0 Å². The largest absolute Gasteiger partial charge is 0.417 e. The average molecular weight is 218 g/mol. The van der Waals surface area contributed by atoms with E-state index in [-0.39, 0.29) is 0 Å². The summed E-state index contributed by atoms with van der Waals surface area (Å²) in [5, 5.41) is 1.08. The predicted molar refractivity (Wildman–Crippen MR) is 46.9 cm³/mol. The highest BCUT2D eigenvalue weighted by molar-refractivity contribution is 7.13. The quantitative estimate of drug-likeness (QED) is 0.782. The van der Waals surface area contributed by atoms with Crippen LogP contribution in [0.3, 0.4) is 0 Å². The zero-order chi connectivity index (χ0) is 10.2. The van der Waals surface area contributed by atoms with E-state index >= 15 is 0 Å². The zero-order valence-corrected chi connectivity index (χ0v) is 7.62. The van der Waals surface area contributed by atoms with Crippen molar-refractivity contribution in [1.82, 2.24) is 9.97 Å². The summed E-state index contributed by atoms with van der Waals surface area (Å²) >= 11 is 1.02. The van der Waals surface area contributed by atoms with E-state index in [4.69, 9.17) is 0 Å². The maximum Gasteiger partial charge on any atom is 0.417 e. The van der Waals surface area contributed by atoms with Crippen molar-refractivity contribution in [2.75, 3.05) is 0 Å². The molecule has 2 nitrogen and oxygen atoms in total. The molecule has 0 amide bonds. The molecular weight excluding hydrogens is 213 g/mol. The number of hydrogen-bond acceptors (Lipinski definition) is 2. The lowest BCUT2D eigenvalue weighted by molar-refractivity contribution is -0.137. The SMILES string of the molecule is FC(F)(F)c1csc(-c2ncc[nH]2)c1. The molecule has 0 unspecified atom stereocenters. The van der Waals surface area contributed by atoms with Crippen LogP contribution in [0.15, 0.2) is 23.8 Å². The van der Waals surface area contributed by atoms with Crippen LogP contribution >= 0.6 is 11.3 Å². The fourth-order valence-corrected chi connectivity index (χ4v) is 1.88. The molecule has 2 heterocycles. The monoisotopic (exact) mass is 218 g/mol. The number of thiophene rings is 1. The molecule has 0 radical (unpaired) electrons. The van der Waals surface area contributed by atoms with Gasteiger partial charge in [-0.15, -0.1) is 11.3 Å². The summed E-state index contributed by atoms with van der Waals surface area (Å²) in [7, 11) is 0. The van der Waals surface area contributed by atoms with Gasteiger partial charge in [-0.2, -0.15) is 13.2 Å². The molecule has 0 saturated carbocycles. The van der Waals surface area contributed by atoms with Gasteiger partial charge in [-0.3, -0.25) is 0 Å². The van der Waals surface area contributed by atoms with Crippen LogP contribution in [0.2, 0.25) is 0 Å². The number of imidazole rings is 1. The van der Waals surface area contributed by atoms with Crippen molar-refractivity contribution in [3.8, 4) is 10.7 Å². The van der Waals surface area contributed by atoms with E-state index in [2.05, 4.69) is 9.97 Å². The highest BCUT2D eigenvalue weighted by atomic mass is 32.1. The van der Waals surface area contributed by atoms with E-state index in [0.717, 1.165) is 22.8 Å². The number of nitrogens with one attached hydrogen (secondary N) is 1. The molecular formula is C8H5F3N2S. The fourth-order valence-electron chi connectivity index (χ4n) is 1.01. The Hall–Kier alpha value is -1.30. The number of H-pyrrole nitrogens is 1. The number of rotatable bonds is 1. The maximum absolute atomic E-state index is 12.2. The minimum absolute atomic E-state index is 0.463. The number of aromatic amines is 1. The first-order valence-corrected chi connectivity index (χ1v) is 4.61. The van der Waals surface area contributed by atoms with Gasteiger partial charge in [0.2, 0.25) is 0 Å². The number of halogens is 3. The summed E-state index contributed by atoms with van der Waals surface area (Å²) in [6.07, 6.45) is -1.20. The van der Waals surface area contributed by atoms with Gasteiger partial charge >= 0.3 is 6.18 Å². The highest BCUT2D eigenvalue weighted by Gasteiger charge is 2.31. The van der Waals surface area contributed by atoms with Crippen LogP contribution in [0.5, 0.6) is 0 Å². The van der Waals surface area contributed by atoms with Crippen LogP contribution in [-0.2, 0) is 6.18 Å². The number of hydrogen-bond donors (Lipinski definition) is 1. The van der Waals surface area contributed by atoms with Crippen LogP contribution in [-0.4, -0.2) is 9.97 Å². The molecule has 0 fully saturated rings. The molecule has 2 aromatic heterocycles. The van der Waals surface area contributed by atoms with Crippen molar-refractivity contribution >= 4 is 11.3 Å². The van der Waals surface area contributed by atoms with Gasteiger partial charge in [0.1, 0.15) is 5.82 Å². The Kier molecular flexibility index (Phi) is 2.07. The van der Waals surface area contributed by atoms with Gasteiger partial charge in [-0.25, -0.2) is 4.98 Å². The van der Waals surface area contributed by atoms with Crippen LogP contribution in [0, 0.1) is 0 Å². The fraction of sp³-hybridized carbons (Fsp3) is 0.125. The van der Waals surface area contributed by atoms with E-state index in [1.807, 2.05) is 0 Å². The smallest absolute Gasteiger partial charge is 0.344 e. The minimum Gasteiger partial charge on any atom is -0.344 e. The summed E-state index contributed by atoms with van der Waals surface area (Å²) in [4.78, 5) is 7.11. The first-order chi connectivity index (χ1) is 6.57. The van der Waals surface area contributed by atoms with E-state index in [0.29, 0.717) is 10.7 Å². The topological polar surface area (TPSA) is 28.7 Å².